The number of nitrogens with zero attached hydrogens (tertiary/aromatic N) is 1. The largest absolute Gasteiger partial charge is 0.490 e. The molecule has 1 fully saturated rings. The predicted molar refractivity (Wildman–Crippen MR) is 102 cm³/mol. The van der Waals surface area contributed by atoms with E-state index >= 15 is 0 Å². The van der Waals surface area contributed by atoms with E-state index in [1.165, 1.54) is 11.3 Å². The van der Waals surface area contributed by atoms with E-state index < -0.39 is 0 Å². The molecule has 4 rings (SSSR count). The predicted octanol–water partition coefficient (Wildman–Crippen LogP) is 4.30. The normalized spacial score (nSPS) is 15.4. The molecular weight excluding hydrogens is 332 g/mol. The van der Waals surface area contributed by atoms with Crippen molar-refractivity contribution in [3.63, 3.8) is 0 Å². The summed E-state index contributed by atoms with van der Waals surface area (Å²) in [6, 6.07) is 10.0. The molecule has 2 aromatic heterocycles. The van der Waals surface area contributed by atoms with E-state index in [2.05, 4.69) is 16.4 Å². The van der Waals surface area contributed by atoms with Gasteiger partial charge in [0.1, 0.15) is 11.9 Å². The van der Waals surface area contributed by atoms with Crippen LogP contribution in [0.15, 0.2) is 42.7 Å². The van der Waals surface area contributed by atoms with Crippen LogP contribution >= 0.6 is 11.3 Å². The highest BCUT2D eigenvalue weighted by Gasteiger charge is 2.19. The van der Waals surface area contributed by atoms with Crippen molar-refractivity contribution in [3.05, 3.63) is 47.6 Å². The number of pyridine rings is 1. The zero-order valence-electron chi connectivity index (χ0n) is 14.1. The first-order valence-electron chi connectivity index (χ1n) is 8.57. The first kappa shape index (κ1) is 16.2. The lowest BCUT2D eigenvalue weighted by Gasteiger charge is -2.25. The summed E-state index contributed by atoms with van der Waals surface area (Å²) in [5.41, 5.74) is 1.07. The molecule has 0 bridgehead atoms. The fourth-order valence-electron chi connectivity index (χ4n) is 3.26. The van der Waals surface area contributed by atoms with Gasteiger partial charge in [-0.2, -0.15) is 0 Å². The van der Waals surface area contributed by atoms with Gasteiger partial charge >= 0.3 is 0 Å². The van der Waals surface area contributed by atoms with Crippen LogP contribution in [-0.4, -0.2) is 30.0 Å². The number of ether oxygens (including phenoxy) is 1. The van der Waals surface area contributed by atoms with Crippen molar-refractivity contribution in [2.24, 2.45) is 0 Å². The minimum absolute atomic E-state index is 0.0963. The van der Waals surface area contributed by atoms with E-state index in [0.29, 0.717) is 0 Å². The second-order valence-corrected chi connectivity index (χ2v) is 7.41. The molecule has 1 saturated heterocycles. The van der Waals surface area contributed by atoms with Crippen LogP contribution in [0.1, 0.15) is 29.4 Å². The summed E-state index contributed by atoms with van der Waals surface area (Å²) in [4.78, 5) is 17.8. The van der Waals surface area contributed by atoms with E-state index in [-0.39, 0.29) is 11.9 Å². The van der Waals surface area contributed by atoms with Crippen LogP contribution in [-0.2, 0) is 0 Å². The Morgan fingerprint density at radius 2 is 2.04 bits per heavy atom. The molecule has 1 aliphatic rings. The van der Waals surface area contributed by atoms with E-state index in [1.54, 1.807) is 13.1 Å². The number of ketones is 1. The minimum atomic E-state index is 0.0963. The average Bonchev–Trinajstić information content (AvgIpc) is 3.12. The second kappa shape index (κ2) is 6.94. The summed E-state index contributed by atoms with van der Waals surface area (Å²) in [7, 11) is 0. The second-order valence-electron chi connectivity index (χ2n) is 6.32. The van der Waals surface area contributed by atoms with E-state index in [1.807, 2.05) is 30.5 Å². The van der Waals surface area contributed by atoms with Crippen molar-refractivity contribution in [2.45, 2.75) is 25.9 Å². The molecule has 1 N–H and O–H groups in total. The van der Waals surface area contributed by atoms with Crippen LogP contribution in [0.5, 0.6) is 5.75 Å². The van der Waals surface area contributed by atoms with Crippen molar-refractivity contribution in [3.8, 4) is 16.2 Å². The van der Waals surface area contributed by atoms with Crippen molar-refractivity contribution in [1.29, 1.82) is 0 Å². The fraction of sp³-hybridized carbons (Fsp3) is 0.300. The number of thiophene rings is 1. The number of piperidine rings is 1. The molecular formula is C20H20N2O2S. The van der Waals surface area contributed by atoms with E-state index in [9.17, 15) is 4.79 Å². The van der Waals surface area contributed by atoms with Crippen LogP contribution < -0.4 is 10.1 Å². The summed E-state index contributed by atoms with van der Waals surface area (Å²) in [6.07, 6.45) is 5.92. The van der Waals surface area contributed by atoms with Gasteiger partial charge in [0.15, 0.2) is 5.78 Å². The first-order valence-corrected chi connectivity index (χ1v) is 9.39. The zero-order chi connectivity index (χ0) is 17.2. The molecule has 0 unspecified atom stereocenters. The van der Waals surface area contributed by atoms with Crippen LogP contribution in [0, 0.1) is 0 Å². The van der Waals surface area contributed by atoms with Gasteiger partial charge in [-0.1, -0.05) is 0 Å². The Morgan fingerprint density at radius 1 is 1.20 bits per heavy atom. The first-order chi connectivity index (χ1) is 12.2. The van der Waals surface area contributed by atoms with Crippen molar-refractivity contribution in [2.75, 3.05) is 13.1 Å². The van der Waals surface area contributed by atoms with Crippen LogP contribution in [0.4, 0.5) is 0 Å². The number of nitrogens with one attached hydrogen (secondary N) is 1. The average molecular weight is 352 g/mol. The Balaban J connectivity index is 1.82. The van der Waals surface area contributed by atoms with E-state index in [0.717, 1.165) is 57.8 Å². The Bertz CT molecular complexity index is 913. The van der Waals surface area contributed by atoms with Gasteiger partial charge in [0, 0.05) is 28.2 Å². The third-order valence-corrected chi connectivity index (χ3v) is 5.76. The number of carbonyl (C=O) groups is 1. The highest BCUT2D eigenvalue weighted by Crippen LogP contribution is 2.41. The Kier molecular flexibility index (Phi) is 4.51. The molecule has 0 spiro atoms. The number of hydrogen-bond donors (Lipinski definition) is 1. The highest BCUT2D eigenvalue weighted by atomic mass is 32.1. The Hall–Kier alpha value is -2.24. The van der Waals surface area contributed by atoms with Gasteiger partial charge in [-0.15, -0.1) is 11.3 Å². The smallest absolute Gasteiger partial charge is 0.169 e. The van der Waals surface area contributed by atoms with E-state index in [4.69, 9.17) is 4.74 Å². The molecule has 128 valence electrons. The fourth-order valence-corrected chi connectivity index (χ4v) is 4.22. The standard InChI is InChI=1S/C20H20N2O2S/c1-13(23)18-4-5-19(25-18)20-16-8-11-22-12-14(16)2-3-17(20)24-15-6-9-21-10-7-15/h2-5,8,11-12,15,21H,6-7,9-10H2,1H3. The lowest BCUT2D eigenvalue weighted by molar-refractivity contribution is 0.102. The molecule has 25 heavy (non-hydrogen) atoms. The molecule has 1 aromatic carbocycles. The number of benzene rings is 1. The lowest BCUT2D eigenvalue weighted by Crippen LogP contribution is -2.34. The number of rotatable bonds is 4. The van der Waals surface area contributed by atoms with Crippen LogP contribution in [0.25, 0.3) is 21.2 Å². The Labute approximate surface area is 150 Å². The van der Waals surface area contributed by atoms with Crippen molar-refractivity contribution >= 4 is 27.9 Å². The summed E-state index contributed by atoms with van der Waals surface area (Å²) in [6.45, 7) is 3.59. The van der Waals surface area contributed by atoms with Crippen LogP contribution in [0.2, 0.25) is 0 Å². The molecule has 3 heterocycles. The lowest BCUT2D eigenvalue weighted by atomic mass is 10.0. The van der Waals surface area contributed by atoms with Gasteiger partial charge < -0.3 is 10.1 Å². The number of hydrogen-bond acceptors (Lipinski definition) is 5. The molecule has 3 aromatic rings. The van der Waals surface area contributed by atoms with Crippen LogP contribution in [0.3, 0.4) is 0 Å². The third kappa shape index (κ3) is 3.30. The summed E-state index contributed by atoms with van der Waals surface area (Å²) >= 11 is 1.52. The summed E-state index contributed by atoms with van der Waals surface area (Å²) in [5, 5.41) is 5.55. The van der Waals surface area contributed by atoms with Crippen molar-refractivity contribution < 1.29 is 9.53 Å². The maximum absolute atomic E-state index is 11.7. The van der Waals surface area contributed by atoms with Gasteiger partial charge in [0.25, 0.3) is 0 Å². The monoisotopic (exact) mass is 352 g/mol. The highest BCUT2D eigenvalue weighted by molar-refractivity contribution is 7.17. The molecule has 0 saturated carbocycles. The van der Waals surface area contributed by atoms with Gasteiger partial charge in [-0.05, 0) is 68.6 Å². The molecule has 0 amide bonds. The number of aromatic nitrogens is 1. The topological polar surface area (TPSA) is 51.2 Å². The SMILES string of the molecule is CC(=O)c1ccc(-c2c(OC3CCNCC3)ccc3cnccc23)s1. The summed E-state index contributed by atoms with van der Waals surface area (Å²) < 4.78 is 6.38. The molecule has 0 atom stereocenters. The van der Waals surface area contributed by atoms with Gasteiger partial charge in [0.2, 0.25) is 0 Å². The Morgan fingerprint density at radius 3 is 2.80 bits per heavy atom. The quantitative estimate of drug-likeness (QED) is 0.712. The number of Topliss-reactive ketones (excluding diaryl/α,β-unsaturated/α-hetero) is 1. The molecule has 1 aliphatic heterocycles. The third-order valence-electron chi connectivity index (χ3n) is 4.56. The number of carbonyl (C=O) groups excluding carboxylic acids is 1. The zero-order valence-corrected chi connectivity index (χ0v) is 14.9. The van der Waals surface area contributed by atoms with Gasteiger partial charge in [-0.25, -0.2) is 0 Å². The molecule has 0 aliphatic carbocycles. The maximum atomic E-state index is 11.7. The van der Waals surface area contributed by atoms with Gasteiger partial charge in [0.05, 0.1) is 4.88 Å². The van der Waals surface area contributed by atoms with Crippen molar-refractivity contribution in [1.82, 2.24) is 10.3 Å². The molecule has 5 heteroatoms. The maximum Gasteiger partial charge on any atom is 0.169 e. The molecule has 4 nitrogen and oxygen atoms in total. The minimum Gasteiger partial charge on any atom is -0.490 e. The number of fused-ring (bicyclic) bond motifs is 1. The summed E-state index contributed by atoms with van der Waals surface area (Å²) in [5.74, 6) is 0.988. The van der Waals surface area contributed by atoms with Gasteiger partial charge in [-0.3, -0.25) is 9.78 Å². The molecule has 0 radical (unpaired) electrons.